The number of allylic oxidation sites excluding steroid dienone is 1. The number of halogens is 1. The minimum atomic E-state index is 0.372. The lowest BCUT2D eigenvalue weighted by atomic mass is 10.0. The maximum absolute atomic E-state index is 11.4. The van der Waals surface area contributed by atoms with Gasteiger partial charge in [-0.1, -0.05) is 41.9 Å². The minimum Gasteiger partial charge on any atom is -0.493 e. The second-order valence-electron chi connectivity index (χ2n) is 4.28. The van der Waals surface area contributed by atoms with Crippen molar-refractivity contribution in [3.05, 3.63) is 59.7 Å². The maximum Gasteiger partial charge on any atom is 0.161 e. The van der Waals surface area contributed by atoms with E-state index in [0.29, 0.717) is 27.7 Å². The van der Waals surface area contributed by atoms with Crippen LogP contribution in [-0.4, -0.2) is 20.5 Å². The highest BCUT2D eigenvalue weighted by molar-refractivity contribution is 6.55. The number of methoxy groups -OCH3 is 2. The van der Waals surface area contributed by atoms with E-state index in [-0.39, 0.29) is 0 Å². The van der Waals surface area contributed by atoms with Crippen molar-refractivity contribution in [2.45, 2.75) is 0 Å². The normalized spacial score (nSPS) is 11.6. The smallest absolute Gasteiger partial charge is 0.161 e. The standard InChI is InChI=1S/C17H15ClO3/c1-20-15-9-8-13(10-16(15)21-2)17(18)14(11-19)12-6-4-3-5-7-12/h3-11H,1-2H3/b17-14+. The van der Waals surface area contributed by atoms with Gasteiger partial charge < -0.3 is 9.47 Å². The highest BCUT2D eigenvalue weighted by Crippen LogP contribution is 2.34. The summed E-state index contributed by atoms with van der Waals surface area (Å²) in [5.74, 6) is 1.17. The third-order valence-electron chi connectivity index (χ3n) is 3.08. The Labute approximate surface area is 128 Å². The average Bonchev–Trinajstić information content (AvgIpc) is 2.55. The van der Waals surface area contributed by atoms with Crippen molar-refractivity contribution in [2.24, 2.45) is 0 Å². The minimum absolute atomic E-state index is 0.372. The second-order valence-corrected chi connectivity index (χ2v) is 4.66. The van der Waals surface area contributed by atoms with Crippen molar-refractivity contribution in [2.75, 3.05) is 14.2 Å². The number of benzene rings is 2. The molecule has 0 saturated carbocycles. The highest BCUT2D eigenvalue weighted by Gasteiger charge is 2.12. The molecule has 21 heavy (non-hydrogen) atoms. The van der Waals surface area contributed by atoms with E-state index in [4.69, 9.17) is 21.1 Å². The van der Waals surface area contributed by atoms with Crippen molar-refractivity contribution in [1.82, 2.24) is 0 Å². The molecule has 0 heterocycles. The van der Waals surface area contributed by atoms with Gasteiger partial charge in [-0.05, 0) is 29.3 Å². The Morgan fingerprint density at radius 2 is 1.62 bits per heavy atom. The third kappa shape index (κ3) is 3.26. The van der Waals surface area contributed by atoms with Gasteiger partial charge in [0.15, 0.2) is 17.8 Å². The number of rotatable bonds is 5. The molecule has 0 N–H and O–H groups in total. The summed E-state index contributed by atoms with van der Waals surface area (Å²) in [6.07, 6.45) is 0.758. The number of aldehydes is 1. The lowest BCUT2D eigenvalue weighted by Crippen LogP contribution is -1.93. The number of carbonyl (C=O) groups is 1. The molecule has 0 aliphatic rings. The van der Waals surface area contributed by atoms with E-state index < -0.39 is 0 Å². The fourth-order valence-electron chi connectivity index (χ4n) is 1.99. The molecule has 2 aromatic rings. The van der Waals surface area contributed by atoms with Crippen molar-refractivity contribution in [3.63, 3.8) is 0 Å². The molecule has 0 saturated heterocycles. The van der Waals surface area contributed by atoms with Crippen LogP contribution in [0.15, 0.2) is 48.5 Å². The highest BCUT2D eigenvalue weighted by atomic mass is 35.5. The number of hydrogen-bond donors (Lipinski definition) is 0. The predicted molar refractivity (Wildman–Crippen MR) is 84.7 cm³/mol. The van der Waals surface area contributed by atoms with Crippen LogP contribution >= 0.6 is 11.6 Å². The van der Waals surface area contributed by atoms with Gasteiger partial charge in [0.25, 0.3) is 0 Å². The lowest BCUT2D eigenvalue weighted by Gasteiger charge is -2.10. The molecule has 108 valence electrons. The average molecular weight is 303 g/mol. The van der Waals surface area contributed by atoms with Crippen LogP contribution in [0.25, 0.3) is 10.6 Å². The molecule has 0 amide bonds. The van der Waals surface area contributed by atoms with Gasteiger partial charge in [0.1, 0.15) is 0 Å². The van der Waals surface area contributed by atoms with Crippen LogP contribution in [0.2, 0.25) is 0 Å². The topological polar surface area (TPSA) is 35.5 Å². The Balaban J connectivity index is 2.53. The fraction of sp³-hybridized carbons (Fsp3) is 0.118. The zero-order chi connectivity index (χ0) is 15.2. The monoisotopic (exact) mass is 302 g/mol. The molecule has 0 spiro atoms. The summed E-state index contributed by atoms with van der Waals surface area (Å²) < 4.78 is 10.4. The zero-order valence-corrected chi connectivity index (χ0v) is 12.6. The fourth-order valence-corrected chi connectivity index (χ4v) is 2.26. The zero-order valence-electron chi connectivity index (χ0n) is 11.8. The van der Waals surface area contributed by atoms with Crippen molar-refractivity contribution < 1.29 is 14.3 Å². The molecule has 0 aliphatic carbocycles. The molecule has 2 rings (SSSR count). The molecule has 0 aromatic heterocycles. The van der Waals surface area contributed by atoms with E-state index in [0.717, 1.165) is 11.8 Å². The van der Waals surface area contributed by atoms with Crippen LogP contribution < -0.4 is 9.47 Å². The van der Waals surface area contributed by atoms with E-state index in [9.17, 15) is 4.79 Å². The van der Waals surface area contributed by atoms with Crippen LogP contribution in [0.1, 0.15) is 11.1 Å². The predicted octanol–water partition coefficient (Wildman–Crippen LogP) is 4.01. The molecule has 0 atom stereocenters. The molecule has 2 aromatic carbocycles. The molecule has 0 unspecified atom stereocenters. The molecule has 0 bridgehead atoms. The first-order valence-corrected chi connectivity index (χ1v) is 6.71. The van der Waals surface area contributed by atoms with E-state index in [1.807, 2.05) is 30.3 Å². The summed E-state index contributed by atoms with van der Waals surface area (Å²) in [6.45, 7) is 0. The van der Waals surface area contributed by atoms with E-state index in [1.54, 1.807) is 32.4 Å². The van der Waals surface area contributed by atoms with Crippen LogP contribution in [-0.2, 0) is 4.79 Å². The number of hydrogen-bond acceptors (Lipinski definition) is 3. The van der Waals surface area contributed by atoms with Gasteiger partial charge in [0.2, 0.25) is 0 Å². The Kier molecular flexibility index (Phi) is 5.01. The molecule has 3 nitrogen and oxygen atoms in total. The second kappa shape index (κ2) is 6.95. The first kappa shape index (κ1) is 15.1. The summed E-state index contributed by atoms with van der Waals surface area (Å²) in [6, 6.07) is 14.6. The molecular weight excluding hydrogens is 288 g/mol. The van der Waals surface area contributed by atoms with Crippen molar-refractivity contribution in [1.29, 1.82) is 0 Å². The Morgan fingerprint density at radius 3 is 2.19 bits per heavy atom. The van der Waals surface area contributed by atoms with Gasteiger partial charge >= 0.3 is 0 Å². The van der Waals surface area contributed by atoms with Gasteiger partial charge in [-0.3, -0.25) is 4.79 Å². The molecule has 0 fully saturated rings. The van der Waals surface area contributed by atoms with E-state index in [1.165, 1.54) is 0 Å². The third-order valence-corrected chi connectivity index (χ3v) is 3.50. The number of ether oxygens (including phenoxy) is 2. The Morgan fingerprint density at radius 1 is 0.952 bits per heavy atom. The summed E-state index contributed by atoms with van der Waals surface area (Å²) in [4.78, 5) is 11.4. The first-order chi connectivity index (χ1) is 10.2. The molecule has 0 radical (unpaired) electrons. The summed E-state index contributed by atoms with van der Waals surface area (Å²) in [7, 11) is 3.12. The quantitative estimate of drug-likeness (QED) is 0.475. The molecule has 0 aliphatic heterocycles. The van der Waals surface area contributed by atoms with Crippen molar-refractivity contribution >= 4 is 28.5 Å². The van der Waals surface area contributed by atoms with Crippen LogP contribution in [0.3, 0.4) is 0 Å². The van der Waals surface area contributed by atoms with E-state index >= 15 is 0 Å². The SMILES string of the molecule is COc1ccc(/C(Cl)=C(/C=O)c2ccccc2)cc1OC. The van der Waals surface area contributed by atoms with Crippen molar-refractivity contribution in [3.8, 4) is 11.5 Å². The maximum atomic E-state index is 11.4. The summed E-state index contributed by atoms with van der Waals surface area (Å²) in [5.41, 5.74) is 1.90. The Hall–Kier alpha value is -2.26. The number of carbonyl (C=O) groups excluding carboxylic acids is 1. The van der Waals surface area contributed by atoms with E-state index in [2.05, 4.69) is 0 Å². The van der Waals surface area contributed by atoms with Gasteiger partial charge in [-0.25, -0.2) is 0 Å². The lowest BCUT2D eigenvalue weighted by molar-refractivity contribution is -0.103. The molecule has 4 heteroatoms. The van der Waals surface area contributed by atoms with Gasteiger partial charge in [-0.2, -0.15) is 0 Å². The molecular formula is C17H15ClO3. The Bertz CT molecular complexity index is 663. The van der Waals surface area contributed by atoms with Gasteiger partial charge in [0.05, 0.1) is 19.3 Å². The largest absolute Gasteiger partial charge is 0.493 e. The summed E-state index contributed by atoms with van der Waals surface area (Å²) >= 11 is 6.38. The van der Waals surface area contributed by atoms with Crippen LogP contribution in [0, 0.1) is 0 Å². The van der Waals surface area contributed by atoms with Gasteiger partial charge in [-0.15, -0.1) is 0 Å². The summed E-state index contributed by atoms with van der Waals surface area (Å²) in [5, 5.41) is 0.372. The van der Waals surface area contributed by atoms with Gasteiger partial charge in [0, 0.05) is 5.57 Å². The van der Waals surface area contributed by atoms with Crippen LogP contribution in [0.5, 0.6) is 11.5 Å². The van der Waals surface area contributed by atoms with Crippen LogP contribution in [0.4, 0.5) is 0 Å². The first-order valence-electron chi connectivity index (χ1n) is 6.34.